The van der Waals surface area contributed by atoms with Crippen LogP contribution in [0.15, 0.2) is 0 Å². The Morgan fingerprint density at radius 2 is 1.78 bits per heavy atom. The van der Waals surface area contributed by atoms with Crippen molar-refractivity contribution in [2.75, 3.05) is 24.7 Å². The molecule has 0 spiro atoms. The van der Waals surface area contributed by atoms with Crippen molar-refractivity contribution in [1.82, 2.24) is 4.31 Å². The Labute approximate surface area is 109 Å². The fourth-order valence-electron chi connectivity index (χ4n) is 2.14. The quantitative estimate of drug-likeness (QED) is 0.745. The van der Waals surface area contributed by atoms with E-state index in [0.717, 1.165) is 0 Å². The van der Waals surface area contributed by atoms with Gasteiger partial charge >= 0.3 is 0 Å². The SMILES string of the molecule is CC(C)N(CCO)S(=O)(=O)C1CCS(=O)(=O)CC1. The second kappa shape index (κ2) is 5.85. The van der Waals surface area contributed by atoms with Crippen LogP contribution in [0.2, 0.25) is 0 Å². The molecule has 108 valence electrons. The molecule has 0 atom stereocenters. The number of sulfonamides is 1. The van der Waals surface area contributed by atoms with E-state index in [0.29, 0.717) is 0 Å². The second-order valence-electron chi connectivity index (χ2n) is 4.82. The van der Waals surface area contributed by atoms with Gasteiger partial charge in [0.1, 0.15) is 9.84 Å². The summed E-state index contributed by atoms with van der Waals surface area (Å²) in [5.41, 5.74) is 0. The highest BCUT2D eigenvalue weighted by Crippen LogP contribution is 2.23. The number of aliphatic hydroxyl groups excluding tert-OH is 1. The minimum atomic E-state index is -3.53. The van der Waals surface area contributed by atoms with Gasteiger partial charge in [0.15, 0.2) is 0 Å². The van der Waals surface area contributed by atoms with E-state index in [1.54, 1.807) is 13.8 Å². The number of rotatable bonds is 5. The maximum absolute atomic E-state index is 12.3. The molecule has 18 heavy (non-hydrogen) atoms. The Morgan fingerprint density at radius 1 is 1.28 bits per heavy atom. The van der Waals surface area contributed by atoms with E-state index in [4.69, 9.17) is 5.11 Å². The van der Waals surface area contributed by atoms with Crippen LogP contribution < -0.4 is 0 Å². The molecule has 0 aliphatic carbocycles. The lowest BCUT2D eigenvalue weighted by Crippen LogP contribution is -2.46. The molecule has 1 aliphatic rings. The molecule has 1 N–H and O–H groups in total. The van der Waals surface area contributed by atoms with Crippen LogP contribution in [0.5, 0.6) is 0 Å². The summed E-state index contributed by atoms with van der Waals surface area (Å²) in [6, 6.07) is -0.235. The zero-order chi connectivity index (χ0) is 14.0. The Hall–Kier alpha value is -0.180. The lowest BCUT2D eigenvalue weighted by atomic mass is 10.2. The summed E-state index contributed by atoms with van der Waals surface area (Å²) in [6.45, 7) is 3.31. The van der Waals surface area contributed by atoms with Gasteiger partial charge in [0.2, 0.25) is 10.0 Å². The van der Waals surface area contributed by atoms with Crippen LogP contribution >= 0.6 is 0 Å². The maximum atomic E-state index is 12.3. The third-order valence-electron chi connectivity index (χ3n) is 3.15. The first kappa shape index (κ1) is 15.9. The summed E-state index contributed by atoms with van der Waals surface area (Å²) in [7, 11) is -6.59. The van der Waals surface area contributed by atoms with Gasteiger partial charge in [-0.25, -0.2) is 16.8 Å². The van der Waals surface area contributed by atoms with Gasteiger partial charge in [-0.15, -0.1) is 0 Å². The third kappa shape index (κ3) is 3.66. The molecule has 6 nitrogen and oxygen atoms in total. The van der Waals surface area contributed by atoms with E-state index in [2.05, 4.69) is 0 Å². The van der Waals surface area contributed by atoms with E-state index < -0.39 is 25.1 Å². The lowest BCUT2D eigenvalue weighted by molar-refractivity contribution is 0.235. The standard InChI is InChI=1S/C10H21NO5S2/c1-9(2)11(5-6-12)18(15,16)10-3-7-17(13,14)8-4-10/h9-10,12H,3-8H2,1-2H3. The monoisotopic (exact) mass is 299 g/mol. The molecule has 1 rings (SSSR count). The van der Waals surface area contributed by atoms with Gasteiger partial charge in [-0.3, -0.25) is 0 Å². The summed E-state index contributed by atoms with van der Waals surface area (Å²) in [5.74, 6) is -0.135. The van der Waals surface area contributed by atoms with Crippen molar-refractivity contribution in [3.63, 3.8) is 0 Å². The van der Waals surface area contributed by atoms with Gasteiger partial charge in [-0.05, 0) is 26.7 Å². The van der Waals surface area contributed by atoms with Crippen LogP contribution in [-0.4, -0.2) is 62.2 Å². The van der Waals surface area contributed by atoms with Crippen molar-refractivity contribution < 1.29 is 21.9 Å². The molecule has 0 amide bonds. The minimum Gasteiger partial charge on any atom is -0.395 e. The minimum absolute atomic E-state index is 0.0588. The zero-order valence-corrected chi connectivity index (χ0v) is 12.4. The van der Waals surface area contributed by atoms with Crippen molar-refractivity contribution >= 4 is 19.9 Å². The Balaban J connectivity index is 2.86. The number of hydrogen-bond donors (Lipinski definition) is 1. The summed E-state index contributed by atoms with van der Waals surface area (Å²) in [4.78, 5) is 0. The zero-order valence-electron chi connectivity index (χ0n) is 10.7. The van der Waals surface area contributed by atoms with Crippen molar-refractivity contribution in [1.29, 1.82) is 0 Å². The smallest absolute Gasteiger partial charge is 0.217 e. The molecule has 0 radical (unpaired) electrons. The first-order chi connectivity index (χ1) is 8.20. The lowest BCUT2D eigenvalue weighted by Gasteiger charge is -2.31. The molecule has 0 bridgehead atoms. The van der Waals surface area contributed by atoms with Crippen LogP contribution in [0.3, 0.4) is 0 Å². The topological polar surface area (TPSA) is 91.8 Å². The molecule has 1 aliphatic heterocycles. The maximum Gasteiger partial charge on any atom is 0.217 e. The van der Waals surface area contributed by atoms with Gasteiger partial charge in [0.05, 0.1) is 23.4 Å². The summed E-state index contributed by atoms with van der Waals surface area (Å²) >= 11 is 0. The van der Waals surface area contributed by atoms with Crippen LogP contribution in [-0.2, 0) is 19.9 Å². The fourth-order valence-corrected chi connectivity index (χ4v) is 6.06. The van der Waals surface area contributed by atoms with Gasteiger partial charge in [0.25, 0.3) is 0 Å². The van der Waals surface area contributed by atoms with Crippen molar-refractivity contribution in [2.45, 2.75) is 38.0 Å². The molecule has 1 heterocycles. The predicted molar refractivity (Wildman–Crippen MR) is 69.5 cm³/mol. The van der Waals surface area contributed by atoms with Gasteiger partial charge in [-0.2, -0.15) is 4.31 Å². The number of hydrogen-bond acceptors (Lipinski definition) is 5. The third-order valence-corrected chi connectivity index (χ3v) is 7.43. The Bertz CT molecular complexity index is 454. The summed E-state index contributed by atoms with van der Waals surface area (Å²) in [5, 5.41) is 8.28. The summed E-state index contributed by atoms with van der Waals surface area (Å²) in [6.07, 6.45) is 0.304. The molecule has 0 aromatic carbocycles. The van der Waals surface area contributed by atoms with Crippen molar-refractivity contribution in [2.24, 2.45) is 0 Å². The van der Waals surface area contributed by atoms with Gasteiger partial charge in [0, 0.05) is 12.6 Å². The molecule has 1 fully saturated rings. The Morgan fingerprint density at radius 3 is 2.17 bits per heavy atom. The average molecular weight is 299 g/mol. The molecule has 8 heteroatoms. The molecule has 0 aromatic rings. The van der Waals surface area contributed by atoms with Crippen LogP contribution in [0.4, 0.5) is 0 Å². The molecule has 0 aromatic heterocycles. The molecule has 1 saturated heterocycles. The fraction of sp³-hybridized carbons (Fsp3) is 1.00. The van der Waals surface area contributed by atoms with Crippen molar-refractivity contribution in [3.05, 3.63) is 0 Å². The van der Waals surface area contributed by atoms with Crippen molar-refractivity contribution in [3.8, 4) is 0 Å². The van der Waals surface area contributed by atoms with E-state index in [9.17, 15) is 16.8 Å². The highest BCUT2D eigenvalue weighted by molar-refractivity contribution is 7.92. The number of nitrogens with zero attached hydrogens (tertiary/aromatic N) is 1. The largest absolute Gasteiger partial charge is 0.395 e. The average Bonchev–Trinajstić information content (AvgIpc) is 2.24. The first-order valence-electron chi connectivity index (χ1n) is 6.02. The first-order valence-corrected chi connectivity index (χ1v) is 9.35. The number of sulfone groups is 1. The molecule has 0 saturated carbocycles. The molecular weight excluding hydrogens is 278 g/mol. The summed E-state index contributed by atoms with van der Waals surface area (Å²) < 4.78 is 48.6. The highest BCUT2D eigenvalue weighted by atomic mass is 32.2. The van der Waals surface area contributed by atoms with E-state index in [1.807, 2.05) is 0 Å². The van der Waals surface area contributed by atoms with Crippen LogP contribution in [0.1, 0.15) is 26.7 Å². The Kier molecular flexibility index (Phi) is 5.16. The molecular formula is C10H21NO5S2. The van der Waals surface area contributed by atoms with E-state index >= 15 is 0 Å². The van der Waals surface area contributed by atoms with Crippen LogP contribution in [0, 0.1) is 0 Å². The second-order valence-corrected chi connectivity index (χ2v) is 9.29. The predicted octanol–water partition coefficient (Wildman–Crippen LogP) is -0.404. The highest BCUT2D eigenvalue weighted by Gasteiger charge is 2.37. The number of aliphatic hydroxyl groups is 1. The van der Waals surface area contributed by atoms with E-state index in [-0.39, 0.29) is 43.5 Å². The van der Waals surface area contributed by atoms with Gasteiger partial charge in [-0.1, -0.05) is 0 Å². The normalized spacial score (nSPS) is 21.6. The van der Waals surface area contributed by atoms with Crippen LogP contribution in [0.25, 0.3) is 0 Å². The molecule has 0 unspecified atom stereocenters. The van der Waals surface area contributed by atoms with E-state index in [1.165, 1.54) is 4.31 Å². The van der Waals surface area contributed by atoms with Gasteiger partial charge < -0.3 is 5.11 Å².